The van der Waals surface area contributed by atoms with Crippen LogP contribution in [0.1, 0.15) is 36.2 Å². The Bertz CT molecular complexity index is 472. The van der Waals surface area contributed by atoms with Crippen LogP contribution in [0.25, 0.3) is 0 Å². The zero-order valence-corrected chi connectivity index (χ0v) is 12.4. The van der Waals surface area contributed by atoms with Crippen molar-refractivity contribution in [3.05, 3.63) is 29.3 Å². The first kappa shape index (κ1) is 14.9. The summed E-state index contributed by atoms with van der Waals surface area (Å²) in [5.41, 5.74) is 7.46. The van der Waals surface area contributed by atoms with Gasteiger partial charge in [-0.1, -0.05) is 13.8 Å². The van der Waals surface area contributed by atoms with Crippen LogP contribution < -0.4 is 10.5 Å². The van der Waals surface area contributed by atoms with Crippen molar-refractivity contribution < 1.29 is 9.53 Å². The first-order valence-electron chi connectivity index (χ1n) is 7.37. The lowest BCUT2D eigenvalue weighted by molar-refractivity contribution is 0.0735. The van der Waals surface area contributed by atoms with Gasteiger partial charge in [0.25, 0.3) is 5.91 Å². The van der Waals surface area contributed by atoms with Crippen LogP contribution in [0.2, 0.25) is 0 Å². The minimum Gasteiger partial charge on any atom is -0.493 e. The van der Waals surface area contributed by atoms with Gasteiger partial charge in [-0.15, -0.1) is 0 Å². The molecule has 2 N–H and O–H groups in total. The number of carbonyl (C=O) groups excluding carboxylic acids is 1. The number of hydrogen-bond acceptors (Lipinski definition) is 3. The molecular formula is C16H24N2O2. The van der Waals surface area contributed by atoms with Crippen molar-refractivity contribution in [3.63, 3.8) is 0 Å². The Kier molecular flexibility index (Phi) is 5.01. The van der Waals surface area contributed by atoms with Crippen LogP contribution in [0.5, 0.6) is 5.75 Å². The predicted molar refractivity (Wildman–Crippen MR) is 80.1 cm³/mol. The van der Waals surface area contributed by atoms with Crippen LogP contribution >= 0.6 is 0 Å². The van der Waals surface area contributed by atoms with E-state index >= 15 is 0 Å². The molecule has 0 saturated carbocycles. The molecule has 0 saturated heterocycles. The third kappa shape index (κ3) is 3.51. The molecule has 2 rings (SSSR count). The number of fused-ring (bicyclic) bond motifs is 1. The van der Waals surface area contributed by atoms with E-state index in [9.17, 15) is 4.79 Å². The van der Waals surface area contributed by atoms with Crippen molar-refractivity contribution in [3.8, 4) is 5.75 Å². The maximum absolute atomic E-state index is 12.6. The van der Waals surface area contributed by atoms with Crippen molar-refractivity contribution in [1.82, 2.24) is 4.90 Å². The van der Waals surface area contributed by atoms with Crippen molar-refractivity contribution in [2.75, 3.05) is 26.2 Å². The molecule has 0 aromatic heterocycles. The Balaban J connectivity index is 2.13. The van der Waals surface area contributed by atoms with Crippen molar-refractivity contribution >= 4 is 5.91 Å². The molecule has 4 heteroatoms. The van der Waals surface area contributed by atoms with E-state index in [1.807, 2.05) is 23.1 Å². The van der Waals surface area contributed by atoms with E-state index < -0.39 is 0 Å². The number of amides is 1. The first-order chi connectivity index (χ1) is 9.61. The summed E-state index contributed by atoms with van der Waals surface area (Å²) in [5, 5.41) is 0. The fourth-order valence-electron chi connectivity index (χ4n) is 2.50. The molecule has 0 fully saturated rings. The predicted octanol–water partition coefficient (Wildman–Crippen LogP) is 2.07. The Labute approximate surface area is 120 Å². The molecule has 0 atom stereocenters. The number of nitrogens with two attached hydrogens (primary N) is 1. The minimum atomic E-state index is 0.0989. The van der Waals surface area contributed by atoms with Crippen molar-refractivity contribution in [1.29, 1.82) is 0 Å². The monoisotopic (exact) mass is 276 g/mol. The fraction of sp³-hybridized carbons (Fsp3) is 0.562. The summed E-state index contributed by atoms with van der Waals surface area (Å²) in [7, 11) is 0. The average molecular weight is 276 g/mol. The molecule has 1 amide bonds. The standard InChI is InChI=1S/C16H24N2O2/c1-12(2)11-18(8-3-7-17)16(19)14-4-5-15-13(10-14)6-9-20-15/h4-5,10,12H,3,6-9,11,17H2,1-2H3. The fourth-order valence-corrected chi connectivity index (χ4v) is 2.50. The molecule has 0 spiro atoms. The van der Waals surface area contributed by atoms with Crippen LogP contribution in [0, 0.1) is 5.92 Å². The smallest absolute Gasteiger partial charge is 0.253 e. The zero-order chi connectivity index (χ0) is 14.5. The van der Waals surface area contributed by atoms with E-state index in [-0.39, 0.29) is 5.91 Å². The molecular weight excluding hydrogens is 252 g/mol. The summed E-state index contributed by atoms with van der Waals surface area (Å²) in [6, 6.07) is 5.74. The van der Waals surface area contributed by atoms with Gasteiger partial charge in [-0.25, -0.2) is 0 Å². The molecule has 4 nitrogen and oxygen atoms in total. The average Bonchev–Trinajstić information content (AvgIpc) is 2.89. The highest BCUT2D eigenvalue weighted by atomic mass is 16.5. The molecule has 1 aromatic carbocycles. The van der Waals surface area contributed by atoms with Crippen LogP contribution in [-0.2, 0) is 6.42 Å². The molecule has 1 heterocycles. The lowest BCUT2D eigenvalue weighted by Crippen LogP contribution is -2.35. The largest absolute Gasteiger partial charge is 0.493 e. The third-order valence-corrected chi connectivity index (χ3v) is 3.44. The molecule has 110 valence electrons. The Morgan fingerprint density at radius 3 is 2.95 bits per heavy atom. The quantitative estimate of drug-likeness (QED) is 0.865. The third-order valence-electron chi connectivity index (χ3n) is 3.44. The Hall–Kier alpha value is -1.55. The van der Waals surface area contributed by atoms with E-state index in [1.165, 1.54) is 0 Å². The highest BCUT2D eigenvalue weighted by Crippen LogP contribution is 2.26. The summed E-state index contributed by atoms with van der Waals surface area (Å²) in [6.45, 7) is 7.07. The van der Waals surface area contributed by atoms with Gasteiger partial charge in [0, 0.05) is 25.1 Å². The van der Waals surface area contributed by atoms with E-state index in [4.69, 9.17) is 10.5 Å². The normalized spacial score (nSPS) is 13.2. The Morgan fingerprint density at radius 2 is 2.25 bits per heavy atom. The summed E-state index contributed by atoms with van der Waals surface area (Å²) < 4.78 is 5.48. The van der Waals surface area contributed by atoms with Crippen LogP contribution in [-0.4, -0.2) is 37.0 Å². The van der Waals surface area contributed by atoms with E-state index in [0.717, 1.165) is 49.4 Å². The van der Waals surface area contributed by atoms with Gasteiger partial charge < -0.3 is 15.4 Å². The maximum Gasteiger partial charge on any atom is 0.253 e. The maximum atomic E-state index is 12.6. The number of carbonyl (C=O) groups is 1. The molecule has 1 aromatic rings. The Morgan fingerprint density at radius 1 is 1.45 bits per heavy atom. The zero-order valence-electron chi connectivity index (χ0n) is 12.4. The molecule has 1 aliphatic heterocycles. The summed E-state index contributed by atoms with van der Waals surface area (Å²) >= 11 is 0. The molecule has 0 bridgehead atoms. The van der Waals surface area contributed by atoms with Gasteiger partial charge in [0.1, 0.15) is 5.75 Å². The minimum absolute atomic E-state index is 0.0989. The summed E-state index contributed by atoms with van der Waals surface area (Å²) in [6.07, 6.45) is 1.73. The second-order valence-corrected chi connectivity index (χ2v) is 5.71. The van der Waals surface area contributed by atoms with Gasteiger partial charge in [0.15, 0.2) is 0 Å². The van der Waals surface area contributed by atoms with Gasteiger partial charge >= 0.3 is 0 Å². The number of benzene rings is 1. The van der Waals surface area contributed by atoms with Gasteiger partial charge in [0.2, 0.25) is 0 Å². The van der Waals surface area contributed by atoms with Crippen molar-refractivity contribution in [2.45, 2.75) is 26.7 Å². The summed E-state index contributed by atoms with van der Waals surface area (Å²) in [4.78, 5) is 14.5. The topological polar surface area (TPSA) is 55.6 Å². The van der Waals surface area contributed by atoms with Gasteiger partial charge in [-0.05, 0) is 42.6 Å². The van der Waals surface area contributed by atoms with Gasteiger partial charge in [-0.3, -0.25) is 4.79 Å². The molecule has 0 radical (unpaired) electrons. The van der Waals surface area contributed by atoms with E-state index in [2.05, 4.69) is 13.8 Å². The van der Waals surface area contributed by atoms with Crippen molar-refractivity contribution in [2.24, 2.45) is 11.7 Å². The van der Waals surface area contributed by atoms with Crippen LogP contribution in [0.4, 0.5) is 0 Å². The summed E-state index contributed by atoms with van der Waals surface area (Å²) in [5.74, 6) is 1.47. The molecule has 20 heavy (non-hydrogen) atoms. The van der Waals surface area contributed by atoms with E-state index in [1.54, 1.807) is 0 Å². The number of nitrogens with zero attached hydrogens (tertiary/aromatic N) is 1. The lowest BCUT2D eigenvalue weighted by Gasteiger charge is -2.24. The number of rotatable bonds is 6. The van der Waals surface area contributed by atoms with Gasteiger partial charge in [0.05, 0.1) is 6.61 Å². The highest BCUT2D eigenvalue weighted by molar-refractivity contribution is 5.94. The lowest BCUT2D eigenvalue weighted by atomic mass is 10.1. The number of ether oxygens (including phenoxy) is 1. The SMILES string of the molecule is CC(C)CN(CCCN)C(=O)c1ccc2c(c1)CCO2. The molecule has 1 aliphatic rings. The van der Waals surface area contributed by atoms with Crippen LogP contribution in [0.15, 0.2) is 18.2 Å². The second-order valence-electron chi connectivity index (χ2n) is 5.71. The van der Waals surface area contributed by atoms with Crippen LogP contribution in [0.3, 0.4) is 0 Å². The van der Waals surface area contributed by atoms with E-state index in [0.29, 0.717) is 12.5 Å². The van der Waals surface area contributed by atoms with Gasteiger partial charge in [-0.2, -0.15) is 0 Å². The highest BCUT2D eigenvalue weighted by Gasteiger charge is 2.19. The molecule has 0 unspecified atom stereocenters. The number of hydrogen-bond donors (Lipinski definition) is 1. The molecule has 0 aliphatic carbocycles. The first-order valence-corrected chi connectivity index (χ1v) is 7.37. The second kappa shape index (κ2) is 6.75.